The lowest BCUT2D eigenvalue weighted by Gasteiger charge is -2.20. The van der Waals surface area contributed by atoms with Crippen molar-refractivity contribution in [3.8, 4) is 17.1 Å². The third-order valence-corrected chi connectivity index (χ3v) is 6.75. The van der Waals surface area contributed by atoms with Crippen LogP contribution in [-0.2, 0) is 4.79 Å². The highest BCUT2D eigenvalue weighted by molar-refractivity contribution is 5.98. The van der Waals surface area contributed by atoms with Gasteiger partial charge >= 0.3 is 0 Å². The maximum absolute atomic E-state index is 14.8. The number of carbonyl (C=O) groups is 2. The van der Waals surface area contributed by atoms with Gasteiger partial charge in [-0.2, -0.15) is 5.10 Å². The molecule has 2 amide bonds. The third kappa shape index (κ3) is 4.51. The van der Waals surface area contributed by atoms with Crippen molar-refractivity contribution < 1.29 is 31.9 Å². The molecule has 2 fully saturated rings. The molecule has 10 nitrogen and oxygen atoms in total. The van der Waals surface area contributed by atoms with Crippen LogP contribution in [0.15, 0.2) is 24.7 Å². The highest BCUT2D eigenvalue weighted by atomic mass is 19.3. The Bertz CT molecular complexity index is 1380. The first-order chi connectivity index (χ1) is 17.6. The van der Waals surface area contributed by atoms with Gasteiger partial charge in [0.15, 0.2) is 11.6 Å². The zero-order valence-electron chi connectivity index (χ0n) is 19.6. The van der Waals surface area contributed by atoms with Crippen LogP contribution in [0.25, 0.3) is 16.8 Å². The molecule has 1 saturated carbocycles. The molecule has 196 valence electrons. The van der Waals surface area contributed by atoms with Gasteiger partial charge in [0.05, 0.1) is 19.7 Å². The molecule has 1 aliphatic carbocycles. The van der Waals surface area contributed by atoms with Crippen molar-refractivity contribution >= 4 is 23.1 Å². The number of anilines is 1. The minimum absolute atomic E-state index is 0.0253. The molecule has 3 aromatic heterocycles. The summed E-state index contributed by atoms with van der Waals surface area (Å²) >= 11 is 0. The predicted octanol–water partition coefficient (Wildman–Crippen LogP) is 2.24. The van der Waals surface area contributed by atoms with E-state index in [1.54, 1.807) is 0 Å². The number of halogens is 4. The number of hydrogen-bond acceptors (Lipinski definition) is 7. The third-order valence-electron chi connectivity index (χ3n) is 6.75. The largest absolute Gasteiger partial charge is 0.480 e. The molecule has 1 aliphatic heterocycles. The predicted molar refractivity (Wildman–Crippen MR) is 122 cm³/mol. The standard InChI is InChI=1S/C23H23F4N7O3/c1-37-21-13(4-12(7-29-21)18-14(24)5-17-19(28)30-10-31-34(17)18)20(35)32-16-9-33(8-15(16)25)22(36)11-2-3-23(26,27)6-11/h4-5,7,10-11,15-16H,2-3,6,8-9H2,1H3,(H,32,35)(H2,28,30,31)/t11?,15-,16+/m0/s1. The summed E-state index contributed by atoms with van der Waals surface area (Å²) in [6, 6.07) is 1.38. The van der Waals surface area contributed by atoms with Gasteiger partial charge in [0.2, 0.25) is 17.7 Å². The minimum Gasteiger partial charge on any atom is -0.480 e. The molecule has 3 N–H and O–H groups in total. The van der Waals surface area contributed by atoms with Crippen molar-refractivity contribution in [2.75, 3.05) is 25.9 Å². The fourth-order valence-electron chi connectivity index (χ4n) is 4.89. The van der Waals surface area contributed by atoms with E-state index in [0.29, 0.717) is 0 Å². The van der Waals surface area contributed by atoms with Gasteiger partial charge in [0.1, 0.15) is 29.3 Å². The molecule has 1 saturated heterocycles. The number of fused-ring (bicyclic) bond motifs is 1. The van der Waals surface area contributed by atoms with E-state index in [4.69, 9.17) is 10.5 Å². The van der Waals surface area contributed by atoms with Crippen LogP contribution in [-0.4, -0.2) is 74.6 Å². The van der Waals surface area contributed by atoms with Crippen molar-refractivity contribution in [2.45, 2.75) is 37.4 Å². The highest BCUT2D eigenvalue weighted by Gasteiger charge is 2.46. The molecule has 0 spiro atoms. The Hall–Kier alpha value is -3.97. The summed E-state index contributed by atoms with van der Waals surface area (Å²) in [4.78, 5) is 34.8. The average Bonchev–Trinajstić information content (AvgIpc) is 3.52. The number of nitrogen functional groups attached to an aromatic ring is 1. The molecule has 0 bridgehead atoms. The Morgan fingerprint density at radius 1 is 1.24 bits per heavy atom. The topological polar surface area (TPSA) is 128 Å². The summed E-state index contributed by atoms with van der Waals surface area (Å²) in [5, 5.41) is 6.53. The van der Waals surface area contributed by atoms with Gasteiger partial charge in [-0.15, -0.1) is 0 Å². The van der Waals surface area contributed by atoms with Gasteiger partial charge in [-0.3, -0.25) is 9.59 Å². The SMILES string of the molecule is COc1ncc(-c2c(F)cc3c(N)ncnn23)cc1C(=O)N[C@@H]1CN(C(=O)C2CCC(F)(F)C2)C[C@@H]1F. The number of hydrogen-bond donors (Lipinski definition) is 2. The lowest BCUT2D eigenvalue weighted by atomic mass is 10.1. The number of nitrogens with two attached hydrogens (primary N) is 1. The van der Waals surface area contributed by atoms with E-state index < -0.39 is 48.1 Å². The zero-order valence-corrected chi connectivity index (χ0v) is 19.6. The van der Waals surface area contributed by atoms with E-state index in [-0.39, 0.29) is 60.0 Å². The molecular formula is C23H23F4N7O3. The molecular weight excluding hydrogens is 498 g/mol. The van der Waals surface area contributed by atoms with E-state index in [1.807, 2.05) is 0 Å². The Kier molecular flexibility index (Phi) is 6.12. The van der Waals surface area contributed by atoms with Crippen LogP contribution < -0.4 is 15.8 Å². The van der Waals surface area contributed by atoms with Gasteiger partial charge in [0, 0.05) is 43.1 Å². The Morgan fingerprint density at radius 2 is 2.03 bits per heavy atom. The second kappa shape index (κ2) is 9.16. The summed E-state index contributed by atoms with van der Waals surface area (Å²) in [5.41, 5.74) is 6.04. The molecule has 3 aromatic rings. The lowest BCUT2D eigenvalue weighted by molar-refractivity contribution is -0.135. The van der Waals surface area contributed by atoms with Crippen LogP contribution >= 0.6 is 0 Å². The fraction of sp³-hybridized carbons (Fsp3) is 0.435. The van der Waals surface area contributed by atoms with Crippen LogP contribution in [0.2, 0.25) is 0 Å². The van der Waals surface area contributed by atoms with Crippen molar-refractivity contribution in [3.63, 3.8) is 0 Å². The fourth-order valence-corrected chi connectivity index (χ4v) is 4.89. The number of amides is 2. The lowest BCUT2D eigenvalue weighted by Crippen LogP contribution is -2.42. The van der Waals surface area contributed by atoms with Gasteiger partial charge in [0.25, 0.3) is 5.91 Å². The Balaban J connectivity index is 1.37. The summed E-state index contributed by atoms with van der Waals surface area (Å²) < 4.78 is 63.1. The summed E-state index contributed by atoms with van der Waals surface area (Å²) in [6.45, 7) is -0.485. The number of alkyl halides is 3. The summed E-state index contributed by atoms with van der Waals surface area (Å²) in [7, 11) is 1.28. The maximum atomic E-state index is 14.8. The first-order valence-electron chi connectivity index (χ1n) is 11.5. The van der Waals surface area contributed by atoms with Crippen LogP contribution in [0.3, 0.4) is 0 Å². The van der Waals surface area contributed by atoms with Gasteiger partial charge in [-0.25, -0.2) is 32.0 Å². The van der Waals surface area contributed by atoms with Crippen molar-refractivity contribution in [1.82, 2.24) is 29.8 Å². The normalized spacial score (nSPS) is 22.9. The van der Waals surface area contributed by atoms with Crippen molar-refractivity contribution in [1.29, 1.82) is 0 Å². The van der Waals surface area contributed by atoms with Crippen LogP contribution in [0, 0.1) is 11.7 Å². The zero-order chi connectivity index (χ0) is 26.5. The molecule has 1 unspecified atom stereocenters. The first kappa shape index (κ1) is 24.7. The smallest absolute Gasteiger partial charge is 0.257 e. The average molecular weight is 521 g/mol. The monoisotopic (exact) mass is 521 g/mol. The number of methoxy groups -OCH3 is 1. The Labute approximate surface area is 207 Å². The number of likely N-dealkylation sites (tertiary alicyclic amines) is 1. The molecule has 37 heavy (non-hydrogen) atoms. The maximum Gasteiger partial charge on any atom is 0.257 e. The van der Waals surface area contributed by atoms with Gasteiger partial charge < -0.3 is 20.7 Å². The second-order valence-electron chi connectivity index (χ2n) is 9.20. The molecule has 14 heteroatoms. The van der Waals surface area contributed by atoms with E-state index >= 15 is 0 Å². The first-order valence-corrected chi connectivity index (χ1v) is 11.5. The van der Waals surface area contributed by atoms with E-state index in [2.05, 4.69) is 20.4 Å². The highest BCUT2D eigenvalue weighted by Crippen LogP contribution is 2.40. The number of ether oxygens (including phenoxy) is 1. The van der Waals surface area contributed by atoms with E-state index in [9.17, 15) is 27.2 Å². The van der Waals surface area contributed by atoms with Crippen molar-refractivity contribution in [2.24, 2.45) is 5.92 Å². The quantitative estimate of drug-likeness (QED) is 0.493. The number of nitrogens with one attached hydrogen (secondary N) is 1. The number of nitrogens with zero attached hydrogens (tertiary/aromatic N) is 5. The van der Waals surface area contributed by atoms with Crippen LogP contribution in [0.4, 0.5) is 23.4 Å². The van der Waals surface area contributed by atoms with Crippen molar-refractivity contribution in [3.05, 3.63) is 36.0 Å². The van der Waals surface area contributed by atoms with E-state index in [0.717, 1.165) is 12.4 Å². The molecule has 0 radical (unpaired) electrons. The number of rotatable bonds is 5. The molecule has 5 rings (SSSR count). The van der Waals surface area contributed by atoms with Gasteiger partial charge in [-0.05, 0) is 12.5 Å². The summed E-state index contributed by atoms with van der Waals surface area (Å²) in [5.74, 6) is -5.81. The molecule has 2 aliphatic rings. The van der Waals surface area contributed by atoms with Gasteiger partial charge in [-0.1, -0.05) is 0 Å². The second-order valence-corrected chi connectivity index (χ2v) is 9.20. The number of aromatic nitrogens is 4. The number of pyridine rings is 1. The number of carbonyl (C=O) groups excluding carboxylic acids is 2. The summed E-state index contributed by atoms with van der Waals surface area (Å²) in [6.07, 6.45) is -0.0820. The molecule has 4 heterocycles. The van der Waals surface area contributed by atoms with Crippen LogP contribution in [0.5, 0.6) is 5.88 Å². The van der Waals surface area contributed by atoms with E-state index in [1.165, 1.54) is 28.8 Å². The Morgan fingerprint density at radius 3 is 2.73 bits per heavy atom. The minimum atomic E-state index is -2.90. The van der Waals surface area contributed by atoms with Crippen LogP contribution in [0.1, 0.15) is 29.6 Å². The molecule has 3 atom stereocenters. The molecule has 0 aromatic carbocycles.